The van der Waals surface area contributed by atoms with Crippen molar-refractivity contribution in [3.8, 4) is 0 Å². The Morgan fingerprint density at radius 3 is 2.63 bits per heavy atom. The first kappa shape index (κ1) is 14.5. The second-order valence-electron chi connectivity index (χ2n) is 5.30. The van der Waals surface area contributed by atoms with Crippen LogP contribution < -0.4 is 5.32 Å². The predicted molar refractivity (Wildman–Crippen MR) is 80.5 cm³/mol. The number of aryl methyl sites for hydroxylation is 1. The van der Waals surface area contributed by atoms with Crippen LogP contribution in [0.15, 0.2) is 12.1 Å². The van der Waals surface area contributed by atoms with Crippen LogP contribution in [0.3, 0.4) is 0 Å². The monoisotopic (exact) mass is 280 g/mol. The third-order valence-corrected chi connectivity index (χ3v) is 5.16. The molecule has 0 saturated carbocycles. The lowest BCUT2D eigenvalue weighted by Gasteiger charge is -2.23. The minimum absolute atomic E-state index is 0.0970. The molecule has 19 heavy (non-hydrogen) atoms. The van der Waals surface area contributed by atoms with Gasteiger partial charge in [-0.05, 0) is 45.2 Å². The molecule has 0 aliphatic carbocycles. The molecule has 1 saturated heterocycles. The molecule has 2 rings (SSSR count). The largest absolute Gasteiger partial charge is 0.341 e. The van der Waals surface area contributed by atoms with Crippen molar-refractivity contribution in [2.45, 2.75) is 52.1 Å². The standard InChI is InChI=1S/C15H24N2OS/c1-4-13-7-8-14(19-13)11(2)16-12(3)15(18)17-9-5-6-10-17/h7-8,11-12,16H,4-6,9-10H2,1-3H3. The van der Waals surface area contributed by atoms with Gasteiger partial charge in [0, 0.05) is 28.9 Å². The highest BCUT2D eigenvalue weighted by Gasteiger charge is 2.24. The van der Waals surface area contributed by atoms with Gasteiger partial charge in [-0.1, -0.05) is 6.92 Å². The number of hydrogen-bond acceptors (Lipinski definition) is 3. The second-order valence-corrected chi connectivity index (χ2v) is 6.50. The van der Waals surface area contributed by atoms with Crippen molar-refractivity contribution in [1.29, 1.82) is 0 Å². The molecule has 2 heterocycles. The van der Waals surface area contributed by atoms with Gasteiger partial charge in [0.1, 0.15) is 0 Å². The van der Waals surface area contributed by atoms with Gasteiger partial charge in [0.25, 0.3) is 0 Å². The number of carbonyl (C=O) groups excluding carboxylic acids is 1. The molecule has 2 atom stereocenters. The van der Waals surface area contributed by atoms with E-state index in [1.807, 2.05) is 23.2 Å². The fourth-order valence-electron chi connectivity index (χ4n) is 2.56. The first-order valence-corrected chi connectivity index (χ1v) is 8.07. The Balaban J connectivity index is 1.90. The van der Waals surface area contributed by atoms with E-state index in [0.717, 1.165) is 32.4 Å². The van der Waals surface area contributed by atoms with Crippen molar-refractivity contribution in [2.75, 3.05) is 13.1 Å². The number of thiophene rings is 1. The van der Waals surface area contributed by atoms with Gasteiger partial charge in [0.05, 0.1) is 6.04 Å². The number of nitrogens with one attached hydrogen (secondary N) is 1. The van der Waals surface area contributed by atoms with Crippen molar-refractivity contribution in [3.05, 3.63) is 21.9 Å². The van der Waals surface area contributed by atoms with Crippen LogP contribution in [0.1, 0.15) is 49.4 Å². The van der Waals surface area contributed by atoms with Crippen molar-refractivity contribution < 1.29 is 4.79 Å². The molecule has 0 aromatic carbocycles. The van der Waals surface area contributed by atoms with Crippen LogP contribution in [0.5, 0.6) is 0 Å². The van der Waals surface area contributed by atoms with Gasteiger partial charge in [-0.25, -0.2) is 0 Å². The van der Waals surface area contributed by atoms with E-state index in [-0.39, 0.29) is 18.0 Å². The molecule has 1 aromatic rings. The summed E-state index contributed by atoms with van der Waals surface area (Å²) in [6.45, 7) is 8.15. The zero-order valence-corrected chi connectivity index (χ0v) is 12.9. The molecule has 0 bridgehead atoms. The highest BCUT2D eigenvalue weighted by molar-refractivity contribution is 7.12. The summed E-state index contributed by atoms with van der Waals surface area (Å²) in [5.41, 5.74) is 0. The van der Waals surface area contributed by atoms with E-state index in [4.69, 9.17) is 0 Å². The van der Waals surface area contributed by atoms with Crippen LogP contribution in [0.25, 0.3) is 0 Å². The quantitative estimate of drug-likeness (QED) is 0.899. The molecule has 1 aliphatic heterocycles. The van der Waals surface area contributed by atoms with Gasteiger partial charge in [0.15, 0.2) is 0 Å². The zero-order chi connectivity index (χ0) is 13.8. The van der Waals surface area contributed by atoms with Crippen LogP contribution in [0, 0.1) is 0 Å². The van der Waals surface area contributed by atoms with E-state index in [9.17, 15) is 4.79 Å². The van der Waals surface area contributed by atoms with E-state index in [0.29, 0.717) is 0 Å². The van der Waals surface area contributed by atoms with E-state index in [2.05, 4.69) is 31.3 Å². The van der Waals surface area contributed by atoms with Crippen LogP contribution >= 0.6 is 11.3 Å². The van der Waals surface area contributed by atoms with Crippen molar-refractivity contribution >= 4 is 17.2 Å². The van der Waals surface area contributed by atoms with E-state index >= 15 is 0 Å². The molecule has 2 unspecified atom stereocenters. The lowest BCUT2D eigenvalue weighted by molar-refractivity contribution is -0.132. The number of hydrogen-bond donors (Lipinski definition) is 1. The summed E-state index contributed by atoms with van der Waals surface area (Å²) in [6.07, 6.45) is 3.39. The number of likely N-dealkylation sites (tertiary alicyclic amines) is 1. The summed E-state index contributed by atoms with van der Waals surface area (Å²) >= 11 is 1.84. The Labute approximate surface area is 120 Å². The lowest BCUT2D eigenvalue weighted by atomic mass is 10.2. The second kappa shape index (κ2) is 6.53. The summed E-state index contributed by atoms with van der Waals surface area (Å²) in [5, 5.41) is 3.43. The number of carbonyl (C=O) groups is 1. The van der Waals surface area contributed by atoms with Crippen LogP contribution in [0.4, 0.5) is 0 Å². The van der Waals surface area contributed by atoms with Crippen LogP contribution in [-0.4, -0.2) is 29.9 Å². The molecule has 3 nitrogen and oxygen atoms in total. The molecule has 0 spiro atoms. The molecule has 1 aromatic heterocycles. The first-order chi connectivity index (χ1) is 9.11. The van der Waals surface area contributed by atoms with Gasteiger partial charge in [0.2, 0.25) is 5.91 Å². The zero-order valence-electron chi connectivity index (χ0n) is 12.1. The van der Waals surface area contributed by atoms with E-state index in [1.54, 1.807) is 0 Å². The summed E-state index contributed by atoms with van der Waals surface area (Å²) < 4.78 is 0. The Morgan fingerprint density at radius 1 is 1.37 bits per heavy atom. The third kappa shape index (κ3) is 3.57. The first-order valence-electron chi connectivity index (χ1n) is 7.25. The predicted octanol–water partition coefficient (Wildman–Crippen LogP) is 2.97. The topological polar surface area (TPSA) is 32.3 Å². The van der Waals surface area contributed by atoms with Crippen LogP contribution in [0.2, 0.25) is 0 Å². The van der Waals surface area contributed by atoms with E-state index < -0.39 is 0 Å². The maximum Gasteiger partial charge on any atom is 0.239 e. The average molecular weight is 280 g/mol. The normalized spacial score (nSPS) is 18.6. The van der Waals surface area contributed by atoms with Gasteiger partial charge in [-0.15, -0.1) is 11.3 Å². The Morgan fingerprint density at radius 2 is 2.05 bits per heavy atom. The molecule has 1 fully saturated rings. The van der Waals surface area contributed by atoms with E-state index in [1.165, 1.54) is 9.75 Å². The van der Waals surface area contributed by atoms with Crippen molar-refractivity contribution in [2.24, 2.45) is 0 Å². The lowest BCUT2D eigenvalue weighted by Crippen LogP contribution is -2.44. The number of amides is 1. The fraction of sp³-hybridized carbons (Fsp3) is 0.667. The maximum atomic E-state index is 12.2. The molecule has 0 radical (unpaired) electrons. The molecular weight excluding hydrogens is 256 g/mol. The van der Waals surface area contributed by atoms with Gasteiger partial charge in [-0.3, -0.25) is 10.1 Å². The summed E-state index contributed by atoms with van der Waals surface area (Å²) in [4.78, 5) is 16.9. The molecule has 1 amide bonds. The Bertz CT molecular complexity index is 424. The summed E-state index contributed by atoms with van der Waals surface area (Å²) in [7, 11) is 0. The SMILES string of the molecule is CCc1ccc(C(C)NC(C)C(=O)N2CCCC2)s1. The van der Waals surface area contributed by atoms with Gasteiger partial charge >= 0.3 is 0 Å². The molecule has 1 N–H and O–H groups in total. The minimum atomic E-state index is -0.0970. The maximum absolute atomic E-state index is 12.2. The Kier molecular flexibility index (Phi) is 4.99. The minimum Gasteiger partial charge on any atom is -0.341 e. The van der Waals surface area contributed by atoms with Crippen LogP contribution in [-0.2, 0) is 11.2 Å². The highest BCUT2D eigenvalue weighted by atomic mass is 32.1. The Hall–Kier alpha value is -0.870. The summed E-state index contributed by atoms with van der Waals surface area (Å²) in [6, 6.07) is 4.51. The summed E-state index contributed by atoms with van der Waals surface area (Å²) in [5.74, 6) is 0.247. The molecule has 4 heteroatoms. The molecule has 106 valence electrons. The molecule has 1 aliphatic rings. The molecular formula is C15H24N2OS. The van der Waals surface area contributed by atoms with Gasteiger partial charge < -0.3 is 4.90 Å². The number of nitrogens with zero attached hydrogens (tertiary/aromatic N) is 1. The number of rotatable bonds is 5. The average Bonchev–Trinajstić information content (AvgIpc) is 3.08. The van der Waals surface area contributed by atoms with Crippen molar-refractivity contribution in [3.63, 3.8) is 0 Å². The van der Waals surface area contributed by atoms with Crippen molar-refractivity contribution in [1.82, 2.24) is 10.2 Å². The smallest absolute Gasteiger partial charge is 0.239 e. The van der Waals surface area contributed by atoms with Gasteiger partial charge in [-0.2, -0.15) is 0 Å². The highest BCUT2D eigenvalue weighted by Crippen LogP contribution is 2.24. The fourth-order valence-corrected chi connectivity index (χ4v) is 3.52. The third-order valence-electron chi connectivity index (χ3n) is 3.75.